The minimum absolute atomic E-state index is 0.705. The van der Waals surface area contributed by atoms with Gasteiger partial charge in [0, 0.05) is 17.8 Å². The van der Waals surface area contributed by atoms with Crippen molar-refractivity contribution in [1.82, 2.24) is 25.5 Å². The summed E-state index contributed by atoms with van der Waals surface area (Å²) in [6.07, 6.45) is 3.28. The van der Waals surface area contributed by atoms with Gasteiger partial charge in [-0.2, -0.15) is 0 Å². The molecule has 0 unspecified atom stereocenters. The fourth-order valence-corrected chi connectivity index (χ4v) is 3.07. The van der Waals surface area contributed by atoms with Gasteiger partial charge in [-0.3, -0.25) is 0 Å². The minimum Gasteiger partial charge on any atom is -0.317 e. The molecule has 0 bridgehead atoms. The number of piperidine rings is 1. The summed E-state index contributed by atoms with van der Waals surface area (Å²) < 4.78 is 1.98. The Bertz CT molecular complexity index is 472. The molecular formula is C12H17N5S. The monoisotopic (exact) mass is 263 g/mol. The van der Waals surface area contributed by atoms with Gasteiger partial charge in [0.05, 0.1) is 0 Å². The van der Waals surface area contributed by atoms with Crippen molar-refractivity contribution in [3.05, 3.63) is 28.2 Å². The lowest BCUT2D eigenvalue weighted by Gasteiger charge is -2.22. The average molecular weight is 263 g/mol. The molecule has 2 aromatic heterocycles. The highest BCUT2D eigenvalue weighted by atomic mass is 32.1. The zero-order chi connectivity index (χ0) is 12.2. The molecule has 0 spiro atoms. The first kappa shape index (κ1) is 11.8. The van der Waals surface area contributed by atoms with E-state index in [9.17, 15) is 0 Å². The largest absolute Gasteiger partial charge is 0.317 e. The van der Waals surface area contributed by atoms with Gasteiger partial charge in [-0.1, -0.05) is 6.07 Å². The van der Waals surface area contributed by atoms with Crippen molar-refractivity contribution >= 4 is 11.3 Å². The van der Waals surface area contributed by atoms with Crippen molar-refractivity contribution in [1.29, 1.82) is 0 Å². The molecule has 0 saturated carbocycles. The van der Waals surface area contributed by atoms with Crippen molar-refractivity contribution in [2.24, 2.45) is 5.92 Å². The highest BCUT2D eigenvalue weighted by Gasteiger charge is 2.16. The normalized spacial score (nSPS) is 17.1. The highest BCUT2D eigenvalue weighted by Crippen LogP contribution is 2.16. The molecule has 0 aromatic carbocycles. The Labute approximate surface area is 110 Å². The Hall–Kier alpha value is -1.27. The molecule has 0 amide bonds. The third-order valence-corrected chi connectivity index (χ3v) is 4.28. The lowest BCUT2D eigenvalue weighted by molar-refractivity contribution is 0.315. The number of hydrogen-bond acceptors (Lipinski definition) is 5. The summed E-state index contributed by atoms with van der Waals surface area (Å²) >= 11 is 1.76. The zero-order valence-corrected chi connectivity index (χ0v) is 11.1. The van der Waals surface area contributed by atoms with Gasteiger partial charge in [-0.05, 0) is 53.7 Å². The van der Waals surface area contributed by atoms with Gasteiger partial charge in [-0.15, -0.1) is 16.4 Å². The molecule has 1 fully saturated rings. The molecule has 2 aromatic rings. The van der Waals surface area contributed by atoms with Gasteiger partial charge in [-0.25, -0.2) is 4.68 Å². The lowest BCUT2D eigenvalue weighted by Crippen LogP contribution is -2.30. The van der Waals surface area contributed by atoms with E-state index >= 15 is 0 Å². The molecule has 96 valence electrons. The van der Waals surface area contributed by atoms with Crippen molar-refractivity contribution < 1.29 is 0 Å². The number of hydrogen-bond donors (Lipinski definition) is 1. The molecule has 1 N–H and O–H groups in total. The van der Waals surface area contributed by atoms with E-state index in [0.717, 1.165) is 31.9 Å². The van der Waals surface area contributed by atoms with Crippen LogP contribution in [0, 0.1) is 5.92 Å². The minimum atomic E-state index is 0.705. The summed E-state index contributed by atoms with van der Waals surface area (Å²) in [4.78, 5) is 1.32. The first-order valence-corrected chi connectivity index (χ1v) is 7.28. The predicted molar refractivity (Wildman–Crippen MR) is 70.5 cm³/mol. The van der Waals surface area contributed by atoms with Gasteiger partial charge >= 0.3 is 0 Å². The summed E-state index contributed by atoms with van der Waals surface area (Å²) in [5.74, 6) is 1.69. The van der Waals surface area contributed by atoms with Crippen LogP contribution in [0.15, 0.2) is 17.5 Å². The number of thiophene rings is 1. The summed E-state index contributed by atoms with van der Waals surface area (Å²) in [5, 5.41) is 17.6. The van der Waals surface area contributed by atoms with Gasteiger partial charge in [0.2, 0.25) is 0 Å². The summed E-state index contributed by atoms with van der Waals surface area (Å²) in [7, 11) is 0. The topological polar surface area (TPSA) is 55.6 Å². The fraction of sp³-hybridized carbons (Fsp3) is 0.583. The maximum Gasteiger partial charge on any atom is 0.156 e. The molecule has 6 heteroatoms. The van der Waals surface area contributed by atoms with Gasteiger partial charge < -0.3 is 5.32 Å². The molecule has 0 atom stereocenters. The number of rotatable bonds is 4. The van der Waals surface area contributed by atoms with E-state index in [1.807, 2.05) is 4.68 Å². The van der Waals surface area contributed by atoms with E-state index in [-0.39, 0.29) is 0 Å². The Morgan fingerprint density at radius 1 is 1.39 bits per heavy atom. The third-order valence-electron chi connectivity index (χ3n) is 3.41. The van der Waals surface area contributed by atoms with E-state index in [1.165, 1.54) is 17.7 Å². The second-order valence-corrected chi connectivity index (χ2v) is 5.76. The predicted octanol–water partition coefficient (Wildman–Crippen LogP) is 1.32. The standard InChI is InChI=1S/C12H17N5S/c1-2-11(18-7-1)8-12-14-15-16-17(12)9-10-3-5-13-6-4-10/h1-2,7,10,13H,3-6,8-9H2. The van der Waals surface area contributed by atoms with Crippen LogP contribution >= 0.6 is 11.3 Å². The van der Waals surface area contributed by atoms with Crippen LogP contribution in [0.4, 0.5) is 0 Å². The number of aromatic nitrogens is 4. The average Bonchev–Trinajstić information content (AvgIpc) is 3.04. The van der Waals surface area contributed by atoms with E-state index in [2.05, 4.69) is 38.4 Å². The molecule has 1 saturated heterocycles. The first-order chi connectivity index (χ1) is 8.92. The second kappa shape index (κ2) is 5.58. The Morgan fingerprint density at radius 3 is 3.06 bits per heavy atom. The number of nitrogens with one attached hydrogen (secondary N) is 1. The number of nitrogens with zero attached hydrogens (tertiary/aromatic N) is 4. The number of tetrazole rings is 1. The second-order valence-electron chi connectivity index (χ2n) is 4.73. The fourth-order valence-electron chi connectivity index (χ4n) is 2.37. The van der Waals surface area contributed by atoms with E-state index in [1.54, 1.807) is 11.3 Å². The first-order valence-electron chi connectivity index (χ1n) is 6.40. The molecular weight excluding hydrogens is 246 g/mol. The molecule has 1 aliphatic rings. The van der Waals surface area contributed by atoms with Crippen molar-refractivity contribution in [3.63, 3.8) is 0 Å². The van der Waals surface area contributed by atoms with Crippen LogP contribution in [0.25, 0.3) is 0 Å². The van der Waals surface area contributed by atoms with Crippen molar-refractivity contribution in [2.75, 3.05) is 13.1 Å². The summed E-state index contributed by atoms with van der Waals surface area (Å²) in [6, 6.07) is 4.20. The molecule has 3 rings (SSSR count). The van der Waals surface area contributed by atoms with Crippen LogP contribution in [-0.4, -0.2) is 33.3 Å². The lowest BCUT2D eigenvalue weighted by atomic mass is 9.98. The van der Waals surface area contributed by atoms with Crippen LogP contribution in [-0.2, 0) is 13.0 Å². The maximum atomic E-state index is 4.15. The van der Waals surface area contributed by atoms with Crippen LogP contribution in [0.3, 0.4) is 0 Å². The van der Waals surface area contributed by atoms with Crippen molar-refractivity contribution in [2.45, 2.75) is 25.8 Å². The third kappa shape index (κ3) is 2.76. The van der Waals surface area contributed by atoms with Gasteiger partial charge in [0.15, 0.2) is 5.82 Å². The Morgan fingerprint density at radius 2 is 2.28 bits per heavy atom. The summed E-state index contributed by atoms with van der Waals surface area (Å²) in [6.45, 7) is 3.19. The van der Waals surface area contributed by atoms with Crippen LogP contribution in [0.2, 0.25) is 0 Å². The molecule has 1 aliphatic heterocycles. The molecule has 18 heavy (non-hydrogen) atoms. The Balaban J connectivity index is 1.67. The highest BCUT2D eigenvalue weighted by molar-refractivity contribution is 7.09. The molecule has 3 heterocycles. The van der Waals surface area contributed by atoms with Crippen LogP contribution < -0.4 is 5.32 Å². The SMILES string of the molecule is c1csc(Cc2nnnn2CC2CCNCC2)c1. The van der Waals surface area contributed by atoms with Crippen molar-refractivity contribution in [3.8, 4) is 0 Å². The summed E-state index contributed by atoms with van der Waals surface area (Å²) in [5.41, 5.74) is 0. The van der Waals surface area contributed by atoms with E-state index in [4.69, 9.17) is 0 Å². The van der Waals surface area contributed by atoms with E-state index < -0.39 is 0 Å². The van der Waals surface area contributed by atoms with E-state index in [0.29, 0.717) is 5.92 Å². The molecule has 5 nitrogen and oxygen atoms in total. The van der Waals surface area contributed by atoms with Crippen LogP contribution in [0.5, 0.6) is 0 Å². The zero-order valence-electron chi connectivity index (χ0n) is 10.2. The van der Waals surface area contributed by atoms with Crippen LogP contribution in [0.1, 0.15) is 23.5 Å². The smallest absolute Gasteiger partial charge is 0.156 e. The molecule has 0 aliphatic carbocycles. The Kier molecular flexibility index (Phi) is 3.66. The molecule has 0 radical (unpaired) electrons. The van der Waals surface area contributed by atoms with Gasteiger partial charge in [0.25, 0.3) is 0 Å². The van der Waals surface area contributed by atoms with Gasteiger partial charge in [0.1, 0.15) is 0 Å². The maximum absolute atomic E-state index is 4.15. The quantitative estimate of drug-likeness (QED) is 0.904.